The molecule has 0 aromatic heterocycles. The molecule has 1 aliphatic rings. The minimum absolute atomic E-state index is 0.0121. The number of rotatable bonds is 5. The zero-order valence-electron chi connectivity index (χ0n) is 10.8. The maximum absolute atomic E-state index is 11.5. The minimum atomic E-state index is -0.922. The molecule has 1 aromatic carbocycles. The van der Waals surface area contributed by atoms with E-state index in [2.05, 4.69) is 0 Å². The smallest absolute Gasteiger partial charge is 0.229 e. The summed E-state index contributed by atoms with van der Waals surface area (Å²) in [5.41, 5.74) is 0.594. The van der Waals surface area contributed by atoms with Crippen molar-refractivity contribution in [1.29, 1.82) is 0 Å². The number of carbonyl (C=O) groups excluding carboxylic acids is 2. The van der Waals surface area contributed by atoms with E-state index >= 15 is 0 Å². The number of β-amino-alcohol motifs (C(OH)–C–C–N with tert-alkyl or cyclic N) is 1. The summed E-state index contributed by atoms with van der Waals surface area (Å²) >= 11 is 0. The summed E-state index contributed by atoms with van der Waals surface area (Å²) in [7, 11) is 0. The summed E-state index contributed by atoms with van der Waals surface area (Å²) < 4.78 is 5.43. The highest BCUT2D eigenvalue weighted by molar-refractivity contribution is 6.01. The standard InChI is InChI=1S/C14H17NO4/c1-2-19-12-6-4-3-5-10(12)11(16)9-15-13(17)7-8-14(15)18/h3-6,11,16H,2,7-9H2,1H3. The van der Waals surface area contributed by atoms with Crippen LogP contribution in [0.5, 0.6) is 5.75 Å². The molecule has 0 radical (unpaired) electrons. The van der Waals surface area contributed by atoms with Gasteiger partial charge in [0.25, 0.3) is 0 Å². The molecule has 1 atom stereocenters. The third-order valence-corrected chi connectivity index (χ3v) is 3.09. The molecule has 1 aromatic rings. The van der Waals surface area contributed by atoms with Crippen molar-refractivity contribution in [2.24, 2.45) is 0 Å². The quantitative estimate of drug-likeness (QED) is 0.812. The molecule has 0 saturated carbocycles. The summed E-state index contributed by atoms with van der Waals surface area (Å²) in [5.74, 6) is 0.132. The molecule has 2 rings (SSSR count). The number of nitrogens with zero attached hydrogens (tertiary/aromatic N) is 1. The number of para-hydroxylation sites is 1. The zero-order chi connectivity index (χ0) is 13.8. The van der Waals surface area contributed by atoms with Crippen LogP contribution in [0.2, 0.25) is 0 Å². The molecule has 102 valence electrons. The van der Waals surface area contributed by atoms with Gasteiger partial charge in [-0.3, -0.25) is 14.5 Å². The van der Waals surface area contributed by atoms with Crippen molar-refractivity contribution in [2.75, 3.05) is 13.2 Å². The molecule has 5 heteroatoms. The molecule has 1 fully saturated rings. The van der Waals surface area contributed by atoms with E-state index in [1.165, 1.54) is 0 Å². The molecule has 2 amide bonds. The largest absolute Gasteiger partial charge is 0.493 e. The first kappa shape index (κ1) is 13.5. The number of likely N-dealkylation sites (tertiary alicyclic amines) is 1. The van der Waals surface area contributed by atoms with Gasteiger partial charge in [-0.2, -0.15) is 0 Å². The molecule has 5 nitrogen and oxygen atoms in total. The Morgan fingerprint density at radius 1 is 1.26 bits per heavy atom. The SMILES string of the molecule is CCOc1ccccc1C(O)CN1C(=O)CCC1=O. The average molecular weight is 263 g/mol. The summed E-state index contributed by atoms with van der Waals surface area (Å²) in [6, 6.07) is 7.10. The fourth-order valence-electron chi connectivity index (χ4n) is 2.14. The number of carbonyl (C=O) groups is 2. The second-order valence-corrected chi connectivity index (χ2v) is 4.38. The van der Waals surface area contributed by atoms with Gasteiger partial charge in [0, 0.05) is 18.4 Å². The lowest BCUT2D eigenvalue weighted by atomic mass is 10.1. The van der Waals surface area contributed by atoms with Crippen LogP contribution in [-0.4, -0.2) is 35.0 Å². The first-order valence-corrected chi connectivity index (χ1v) is 6.36. The lowest BCUT2D eigenvalue weighted by Gasteiger charge is -2.20. The lowest BCUT2D eigenvalue weighted by molar-refractivity contribution is -0.140. The second kappa shape index (κ2) is 5.84. The third-order valence-electron chi connectivity index (χ3n) is 3.09. The number of amides is 2. The number of aliphatic hydroxyl groups excluding tert-OH is 1. The fourth-order valence-corrected chi connectivity index (χ4v) is 2.14. The number of aliphatic hydroxyl groups is 1. The Morgan fingerprint density at radius 3 is 2.53 bits per heavy atom. The highest BCUT2D eigenvalue weighted by Gasteiger charge is 2.31. The van der Waals surface area contributed by atoms with E-state index in [9.17, 15) is 14.7 Å². The topological polar surface area (TPSA) is 66.8 Å². The Balaban J connectivity index is 2.13. The van der Waals surface area contributed by atoms with Crippen molar-refractivity contribution in [3.63, 3.8) is 0 Å². The average Bonchev–Trinajstić information content (AvgIpc) is 2.71. The highest BCUT2D eigenvalue weighted by atomic mass is 16.5. The first-order valence-electron chi connectivity index (χ1n) is 6.36. The maximum atomic E-state index is 11.5. The van der Waals surface area contributed by atoms with Gasteiger partial charge in [0.2, 0.25) is 11.8 Å². The monoisotopic (exact) mass is 263 g/mol. The van der Waals surface area contributed by atoms with Crippen molar-refractivity contribution in [3.05, 3.63) is 29.8 Å². The molecular formula is C14H17NO4. The molecular weight excluding hydrogens is 246 g/mol. The number of imide groups is 1. The minimum Gasteiger partial charge on any atom is -0.493 e. The highest BCUT2D eigenvalue weighted by Crippen LogP contribution is 2.27. The first-order chi connectivity index (χ1) is 9.13. The van der Waals surface area contributed by atoms with Crippen LogP contribution >= 0.6 is 0 Å². The van der Waals surface area contributed by atoms with Crippen LogP contribution in [-0.2, 0) is 9.59 Å². The molecule has 0 aliphatic carbocycles. The van der Waals surface area contributed by atoms with Gasteiger partial charge >= 0.3 is 0 Å². The summed E-state index contributed by atoms with van der Waals surface area (Å²) in [6.07, 6.45) is -0.453. The van der Waals surface area contributed by atoms with Gasteiger partial charge in [-0.05, 0) is 13.0 Å². The van der Waals surface area contributed by atoms with Crippen LogP contribution < -0.4 is 4.74 Å². The Morgan fingerprint density at radius 2 is 1.89 bits per heavy atom. The molecule has 1 heterocycles. The Labute approximate surface area is 111 Å². The van der Waals surface area contributed by atoms with E-state index < -0.39 is 6.10 Å². The predicted molar refractivity (Wildman–Crippen MR) is 68.5 cm³/mol. The Bertz CT molecular complexity index is 470. The zero-order valence-corrected chi connectivity index (χ0v) is 10.8. The van der Waals surface area contributed by atoms with Gasteiger partial charge < -0.3 is 9.84 Å². The van der Waals surface area contributed by atoms with Crippen molar-refractivity contribution in [3.8, 4) is 5.75 Å². The van der Waals surface area contributed by atoms with Crippen molar-refractivity contribution in [2.45, 2.75) is 25.9 Å². The van der Waals surface area contributed by atoms with Gasteiger partial charge in [0.15, 0.2) is 0 Å². The van der Waals surface area contributed by atoms with Gasteiger partial charge in [0.1, 0.15) is 11.9 Å². The summed E-state index contributed by atoms with van der Waals surface area (Å²) in [4.78, 5) is 24.2. The lowest BCUT2D eigenvalue weighted by Crippen LogP contribution is -2.33. The maximum Gasteiger partial charge on any atom is 0.229 e. The number of ether oxygens (including phenoxy) is 1. The van der Waals surface area contributed by atoms with Gasteiger partial charge in [-0.1, -0.05) is 18.2 Å². The van der Waals surface area contributed by atoms with E-state index in [-0.39, 0.29) is 31.2 Å². The molecule has 1 N–H and O–H groups in total. The van der Waals surface area contributed by atoms with Crippen LogP contribution in [0.25, 0.3) is 0 Å². The van der Waals surface area contributed by atoms with Gasteiger partial charge in [-0.25, -0.2) is 0 Å². The molecule has 0 bridgehead atoms. The fraction of sp³-hybridized carbons (Fsp3) is 0.429. The van der Waals surface area contributed by atoms with E-state index in [0.29, 0.717) is 17.9 Å². The van der Waals surface area contributed by atoms with Crippen LogP contribution in [0.15, 0.2) is 24.3 Å². The van der Waals surface area contributed by atoms with E-state index in [0.717, 1.165) is 4.90 Å². The van der Waals surface area contributed by atoms with Crippen LogP contribution in [0.3, 0.4) is 0 Å². The third kappa shape index (κ3) is 2.93. The van der Waals surface area contributed by atoms with Crippen molar-refractivity contribution >= 4 is 11.8 Å². The number of hydrogen-bond acceptors (Lipinski definition) is 4. The van der Waals surface area contributed by atoms with E-state index in [4.69, 9.17) is 4.74 Å². The van der Waals surface area contributed by atoms with Crippen molar-refractivity contribution in [1.82, 2.24) is 4.90 Å². The van der Waals surface area contributed by atoms with Crippen molar-refractivity contribution < 1.29 is 19.4 Å². The second-order valence-electron chi connectivity index (χ2n) is 4.38. The number of benzene rings is 1. The van der Waals surface area contributed by atoms with E-state index in [1.54, 1.807) is 18.2 Å². The molecule has 1 saturated heterocycles. The Kier molecular flexibility index (Phi) is 4.16. The van der Waals surface area contributed by atoms with Crippen LogP contribution in [0, 0.1) is 0 Å². The summed E-state index contributed by atoms with van der Waals surface area (Å²) in [6.45, 7) is 2.34. The normalized spacial score (nSPS) is 16.8. The predicted octanol–water partition coefficient (Wildman–Crippen LogP) is 1.27. The Hall–Kier alpha value is -1.88. The van der Waals surface area contributed by atoms with E-state index in [1.807, 2.05) is 13.0 Å². The van der Waals surface area contributed by atoms with Crippen LogP contribution in [0.4, 0.5) is 0 Å². The molecule has 1 unspecified atom stereocenters. The van der Waals surface area contributed by atoms with Gasteiger partial charge in [0.05, 0.1) is 13.2 Å². The molecule has 19 heavy (non-hydrogen) atoms. The number of hydrogen-bond donors (Lipinski definition) is 1. The molecule has 1 aliphatic heterocycles. The van der Waals surface area contributed by atoms with Gasteiger partial charge in [-0.15, -0.1) is 0 Å². The molecule has 0 spiro atoms. The summed E-state index contributed by atoms with van der Waals surface area (Å²) in [5, 5.41) is 10.2. The van der Waals surface area contributed by atoms with Crippen LogP contribution in [0.1, 0.15) is 31.4 Å².